The van der Waals surface area contributed by atoms with Gasteiger partial charge in [0.05, 0.1) is 6.26 Å². The molecular formula is C16H27N3O4S. The van der Waals surface area contributed by atoms with Gasteiger partial charge in [-0.25, -0.2) is 8.42 Å². The Morgan fingerprint density at radius 2 is 1.92 bits per heavy atom. The first-order valence-electron chi connectivity index (χ1n) is 7.62. The summed E-state index contributed by atoms with van der Waals surface area (Å²) in [5.41, 5.74) is 2.32. The van der Waals surface area contributed by atoms with Crippen molar-refractivity contribution in [1.29, 1.82) is 0 Å². The summed E-state index contributed by atoms with van der Waals surface area (Å²) >= 11 is 0. The number of benzene rings is 1. The summed E-state index contributed by atoms with van der Waals surface area (Å²) in [6.45, 7) is 3.87. The highest BCUT2D eigenvalue weighted by Crippen LogP contribution is 2.26. The molecule has 1 N–H and O–H groups in total. The van der Waals surface area contributed by atoms with Gasteiger partial charge in [-0.2, -0.15) is 4.31 Å². The molecule has 24 heavy (non-hydrogen) atoms. The molecule has 8 heteroatoms. The Morgan fingerprint density at radius 1 is 1.29 bits per heavy atom. The first-order valence-corrected chi connectivity index (χ1v) is 9.47. The van der Waals surface area contributed by atoms with Gasteiger partial charge < -0.3 is 15.0 Å². The number of hydrogen-bond acceptors (Lipinski definition) is 5. The fraction of sp³-hybridized carbons (Fsp3) is 0.562. The Balaban J connectivity index is 3.19. The topological polar surface area (TPSA) is 79.0 Å². The molecule has 0 saturated heterocycles. The van der Waals surface area contributed by atoms with Crippen molar-refractivity contribution in [2.75, 3.05) is 44.3 Å². The molecule has 1 rings (SSSR count). The number of carbonyl (C=O) groups is 1. The fourth-order valence-corrected chi connectivity index (χ4v) is 3.54. The number of hydrogen-bond donors (Lipinski definition) is 1. The second-order valence-corrected chi connectivity index (χ2v) is 8.06. The summed E-state index contributed by atoms with van der Waals surface area (Å²) in [7, 11) is 1.89. The summed E-state index contributed by atoms with van der Waals surface area (Å²) in [4.78, 5) is 13.6. The molecule has 0 aliphatic carbocycles. The predicted molar refractivity (Wildman–Crippen MR) is 96.8 cm³/mol. The largest absolute Gasteiger partial charge is 0.377 e. The second-order valence-electron chi connectivity index (χ2n) is 6.12. The second kappa shape index (κ2) is 8.46. The van der Waals surface area contributed by atoms with Crippen molar-refractivity contribution in [3.63, 3.8) is 0 Å². The third kappa shape index (κ3) is 5.77. The molecule has 1 aromatic carbocycles. The molecule has 0 spiro atoms. The molecule has 0 saturated carbocycles. The molecule has 0 aromatic heterocycles. The van der Waals surface area contributed by atoms with Crippen LogP contribution in [0.1, 0.15) is 19.4 Å². The number of anilines is 2. The minimum Gasteiger partial charge on any atom is -0.377 e. The molecular weight excluding hydrogens is 330 g/mol. The fourth-order valence-electron chi connectivity index (χ4n) is 2.41. The van der Waals surface area contributed by atoms with E-state index in [2.05, 4.69) is 5.32 Å². The van der Waals surface area contributed by atoms with Gasteiger partial charge in [0.1, 0.15) is 6.61 Å². The number of sulfonamides is 1. The Labute approximate surface area is 144 Å². The van der Waals surface area contributed by atoms with Crippen LogP contribution in [-0.2, 0) is 26.1 Å². The van der Waals surface area contributed by atoms with Gasteiger partial charge in [0.25, 0.3) is 0 Å². The molecule has 7 nitrogen and oxygen atoms in total. The van der Waals surface area contributed by atoms with Crippen LogP contribution in [0.2, 0.25) is 0 Å². The maximum atomic E-state index is 12.0. The molecule has 0 atom stereocenters. The zero-order valence-corrected chi connectivity index (χ0v) is 16.0. The van der Waals surface area contributed by atoms with Crippen molar-refractivity contribution in [2.24, 2.45) is 0 Å². The van der Waals surface area contributed by atoms with Crippen LogP contribution in [-0.4, -0.2) is 58.7 Å². The van der Waals surface area contributed by atoms with Gasteiger partial charge in [-0.1, -0.05) is 0 Å². The molecule has 0 unspecified atom stereocenters. The van der Waals surface area contributed by atoms with E-state index in [9.17, 15) is 13.2 Å². The Kier molecular flexibility index (Phi) is 7.19. The van der Waals surface area contributed by atoms with Crippen molar-refractivity contribution >= 4 is 27.3 Å². The van der Waals surface area contributed by atoms with Crippen molar-refractivity contribution in [1.82, 2.24) is 4.31 Å². The minimum absolute atomic E-state index is 0.0355. The number of ether oxygens (including phenoxy) is 1. The van der Waals surface area contributed by atoms with E-state index < -0.39 is 10.0 Å². The third-order valence-corrected chi connectivity index (χ3v) is 4.85. The number of carbonyl (C=O) groups excluding carboxylic acids is 1. The van der Waals surface area contributed by atoms with E-state index in [4.69, 9.17) is 4.74 Å². The van der Waals surface area contributed by atoms with Crippen LogP contribution in [0.5, 0.6) is 0 Å². The Bertz CT molecular complexity index is 672. The Hall–Kier alpha value is -1.64. The first kappa shape index (κ1) is 20.4. The van der Waals surface area contributed by atoms with Gasteiger partial charge in [-0.3, -0.25) is 4.79 Å². The van der Waals surface area contributed by atoms with Crippen LogP contribution in [0.25, 0.3) is 0 Å². The normalized spacial score (nSPS) is 11.8. The zero-order valence-electron chi connectivity index (χ0n) is 15.2. The average Bonchev–Trinajstić information content (AvgIpc) is 2.43. The number of methoxy groups -OCH3 is 1. The lowest BCUT2D eigenvalue weighted by Crippen LogP contribution is -2.36. The molecule has 1 amide bonds. The average molecular weight is 357 g/mol. The molecule has 0 bridgehead atoms. The quantitative estimate of drug-likeness (QED) is 0.763. The van der Waals surface area contributed by atoms with Crippen molar-refractivity contribution < 1.29 is 17.9 Å². The number of rotatable bonds is 8. The van der Waals surface area contributed by atoms with Crippen molar-refractivity contribution in [3.8, 4) is 0 Å². The van der Waals surface area contributed by atoms with Crippen LogP contribution in [0.15, 0.2) is 18.2 Å². The lowest BCUT2D eigenvalue weighted by atomic mass is 10.1. The number of nitrogens with zero attached hydrogens (tertiary/aromatic N) is 2. The van der Waals surface area contributed by atoms with Crippen molar-refractivity contribution in [2.45, 2.75) is 26.4 Å². The maximum Gasteiger partial charge on any atom is 0.250 e. The highest BCUT2D eigenvalue weighted by molar-refractivity contribution is 7.88. The van der Waals surface area contributed by atoms with Gasteiger partial charge in [0.2, 0.25) is 15.9 Å². The summed E-state index contributed by atoms with van der Waals surface area (Å²) in [5.74, 6) is -0.259. The lowest BCUT2D eigenvalue weighted by molar-refractivity contribution is -0.119. The highest BCUT2D eigenvalue weighted by atomic mass is 32.2. The third-order valence-electron chi connectivity index (χ3n) is 3.45. The van der Waals surface area contributed by atoms with E-state index in [1.165, 1.54) is 17.7 Å². The summed E-state index contributed by atoms with van der Waals surface area (Å²) in [5, 5.41) is 2.74. The summed E-state index contributed by atoms with van der Waals surface area (Å²) < 4.78 is 30.3. The summed E-state index contributed by atoms with van der Waals surface area (Å²) in [6, 6.07) is 5.27. The first-order chi connectivity index (χ1) is 11.1. The standard InChI is InChI=1S/C16H27N3O4S/c1-12(2)19(24(6,21)22)10-13-9-14(17-16(20)11-23-5)7-8-15(13)18(3)4/h7-9,12H,10-11H2,1-6H3,(H,17,20). The number of nitrogens with one attached hydrogen (secondary N) is 1. The maximum absolute atomic E-state index is 12.0. The number of amides is 1. The zero-order chi connectivity index (χ0) is 18.5. The van der Waals surface area contributed by atoms with Gasteiger partial charge in [0.15, 0.2) is 0 Å². The lowest BCUT2D eigenvalue weighted by Gasteiger charge is -2.27. The van der Waals surface area contributed by atoms with Gasteiger partial charge in [0, 0.05) is 45.2 Å². The monoisotopic (exact) mass is 357 g/mol. The highest BCUT2D eigenvalue weighted by Gasteiger charge is 2.22. The van der Waals surface area contributed by atoms with Crippen LogP contribution < -0.4 is 10.2 Å². The van der Waals surface area contributed by atoms with Crippen LogP contribution >= 0.6 is 0 Å². The van der Waals surface area contributed by atoms with E-state index in [0.29, 0.717) is 5.69 Å². The van der Waals surface area contributed by atoms with E-state index in [1.54, 1.807) is 12.1 Å². The predicted octanol–water partition coefficient (Wildman–Crippen LogP) is 1.51. The van der Waals surface area contributed by atoms with Crippen LogP contribution in [0.4, 0.5) is 11.4 Å². The van der Waals surface area contributed by atoms with Gasteiger partial charge in [-0.05, 0) is 37.6 Å². The van der Waals surface area contributed by atoms with E-state index in [1.807, 2.05) is 38.9 Å². The molecule has 0 aliphatic rings. The molecule has 136 valence electrons. The van der Waals surface area contributed by atoms with E-state index in [0.717, 1.165) is 11.3 Å². The molecule has 1 aromatic rings. The van der Waals surface area contributed by atoms with E-state index >= 15 is 0 Å². The summed E-state index contributed by atoms with van der Waals surface area (Å²) in [6.07, 6.45) is 1.20. The van der Waals surface area contributed by atoms with Gasteiger partial charge >= 0.3 is 0 Å². The minimum atomic E-state index is -3.34. The molecule has 0 aliphatic heterocycles. The van der Waals surface area contributed by atoms with Crippen LogP contribution in [0, 0.1) is 0 Å². The van der Waals surface area contributed by atoms with Crippen molar-refractivity contribution in [3.05, 3.63) is 23.8 Å². The van der Waals surface area contributed by atoms with Gasteiger partial charge in [-0.15, -0.1) is 0 Å². The van der Waals surface area contributed by atoms with Crippen LogP contribution in [0.3, 0.4) is 0 Å². The SMILES string of the molecule is COCC(=O)Nc1ccc(N(C)C)c(CN(C(C)C)S(C)(=O)=O)c1. The molecule has 0 radical (unpaired) electrons. The van der Waals surface area contributed by atoms with E-state index in [-0.39, 0.29) is 25.1 Å². The molecule has 0 heterocycles. The Morgan fingerprint density at radius 3 is 2.38 bits per heavy atom. The molecule has 0 fully saturated rings. The smallest absolute Gasteiger partial charge is 0.250 e.